The van der Waals surface area contributed by atoms with Gasteiger partial charge in [-0.15, -0.1) is 0 Å². The van der Waals surface area contributed by atoms with Crippen molar-refractivity contribution in [3.63, 3.8) is 0 Å². The SMILES string of the molecule is CCOC(=O)CN(Cc1ccc(C(F)(F)F)cc1)C(=O)c1ccc(NC(N)=O)cc1. The molecule has 0 bridgehead atoms. The lowest BCUT2D eigenvalue weighted by Crippen LogP contribution is -2.36. The van der Waals surface area contributed by atoms with Gasteiger partial charge in [-0.1, -0.05) is 12.1 Å². The lowest BCUT2D eigenvalue weighted by Gasteiger charge is -2.22. The van der Waals surface area contributed by atoms with Crippen molar-refractivity contribution in [1.82, 2.24) is 4.90 Å². The highest BCUT2D eigenvalue weighted by atomic mass is 19.4. The highest BCUT2D eigenvalue weighted by Gasteiger charge is 2.30. The maximum absolute atomic E-state index is 12.9. The summed E-state index contributed by atoms with van der Waals surface area (Å²) in [7, 11) is 0. The van der Waals surface area contributed by atoms with Crippen LogP contribution in [0, 0.1) is 0 Å². The Bertz CT molecular complexity index is 897. The minimum Gasteiger partial charge on any atom is -0.465 e. The molecule has 0 atom stereocenters. The van der Waals surface area contributed by atoms with E-state index in [0.29, 0.717) is 11.3 Å². The van der Waals surface area contributed by atoms with Crippen LogP contribution in [-0.4, -0.2) is 36.0 Å². The van der Waals surface area contributed by atoms with Gasteiger partial charge in [-0.3, -0.25) is 9.59 Å². The molecule has 0 heterocycles. The number of amides is 3. The molecule has 0 aliphatic carbocycles. The smallest absolute Gasteiger partial charge is 0.416 e. The molecule has 0 saturated heterocycles. The predicted octanol–water partition coefficient (Wildman–Crippen LogP) is 3.40. The fourth-order valence-electron chi connectivity index (χ4n) is 2.60. The number of hydrogen-bond donors (Lipinski definition) is 2. The fraction of sp³-hybridized carbons (Fsp3) is 0.250. The normalized spacial score (nSPS) is 10.9. The van der Waals surface area contributed by atoms with Crippen molar-refractivity contribution in [3.05, 3.63) is 65.2 Å². The first-order valence-electron chi connectivity index (χ1n) is 8.87. The van der Waals surface area contributed by atoms with Gasteiger partial charge in [-0.25, -0.2) is 4.79 Å². The van der Waals surface area contributed by atoms with Crippen LogP contribution in [-0.2, 0) is 22.3 Å². The molecule has 0 radical (unpaired) electrons. The molecule has 3 N–H and O–H groups in total. The van der Waals surface area contributed by atoms with Gasteiger partial charge in [-0.05, 0) is 48.9 Å². The van der Waals surface area contributed by atoms with E-state index in [-0.39, 0.29) is 25.3 Å². The molecule has 10 heteroatoms. The second kappa shape index (κ2) is 9.77. The molecule has 2 rings (SSSR count). The predicted molar refractivity (Wildman–Crippen MR) is 102 cm³/mol. The van der Waals surface area contributed by atoms with Crippen LogP contribution in [0.2, 0.25) is 0 Å². The van der Waals surface area contributed by atoms with Crippen molar-refractivity contribution in [1.29, 1.82) is 0 Å². The molecule has 160 valence electrons. The van der Waals surface area contributed by atoms with Crippen LogP contribution >= 0.6 is 0 Å². The van der Waals surface area contributed by atoms with Crippen molar-refractivity contribution in [2.24, 2.45) is 5.73 Å². The maximum Gasteiger partial charge on any atom is 0.416 e. The number of nitrogens with one attached hydrogen (secondary N) is 1. The van der Waals surface area contributed by atoms with E-state index >= 15 is 0 Å². The Morgan fingerprint density at radius 3 is 2.13 bits per heavy atom. The average Bonchev–Trinajstić information content (AvgIpc) is 2.67. The van der Waals surface area contributed by atoms with Crippen LogP contribution in [0.15, 0.2) is 48.5 Å². The van der Waals surface area contributed by atoms with Gasteiger partial charge in [0.15, 0.2) is 0 Å². The first-order valence-corrected chi connectivity index (χ1v) is 8.87. The van der Waals surface area contributed by atoms with Crippen molar-refractivity contribution >= 4 is 23.6 Å². The van der Waals surface area contributed by atoms with E-state index in [1.165, 1.54) is 36.4 Å². The van der Waals surface area contributed by atoms with Gasteiger partial charge in [0.25, 0.3) is 5.91 Å². The summed E-state index contributed by atoms with van der Waals surface area (Å²) in [6.07, 6.45) is -4.47. The number of urea groups is 1. The van der Waals surface area contributed by atoms with Gasteiger partial charge < -0.3 is 20.7 Å². The van der Waals surface area contributed by atoms with Gasteiger partial charge in [0, 0.05) is 17.8 Å². The van der Waals surface area contributed by atoms with E-state index in [9.17, 15) is 27.6 Å². The number of nitrogens with two attached hydrogens (primary N) is 1. The van der Waals surface area contributed by atoms with Gasteiger partial charge in [0.05, 0.1) is 12.2 Å². The Balaban J connectivity index is 2.22. The molecule has 3 amide bonds. The van der Waals surface area contributed by atoms with E-state index in [2.05, 4.69) is 5.32 Å². The summed E-state index contributed by atoms with van der Waals surface area (Å²) in [6, 6.07) is 9.32. The topological polar surface area (TPSA) is 102 Å². The highest BCUT2D eigenvalue weighted by molar-refractivity contribution is 5.97. The number of rotatable bonds is 7. The molecule has 7 nitrogen and oxygen atoms in total. The number of alkyl halides is 3. The minimum atomic E-state index is -4.47. The van der Waals surface area contributed by atoms with E-state index in [1.54, 1.807) is 6.92 Å². The number of esters is 1. The molecule has 0 fully saturated rings. The number of hydrogen-bond acceptors (Lipinski definition) is 4. The number of halogens is 3. The van der Waals surface area contributed by atoms with Crippen molar-refractivity contribution in [2.45, 2.75) is 19.6 Å². The Hall–Kier alpha value is -3.56. The molecule has 0 aromatic heterocycles. The van der Waals surface area contributed by atoms with Crippen LogP contribution in [0.1, 0.15) is 28.4 Å². The minimum absolute atomic E-state index is 0.100. The second-order valence-corrected chi connectivity index (χ2v) is 6.23. The van der Waals surface area contributed by atoms with Crippen LogP contribution in [0.4, 0.5) is 23.7 Å². The van der Waals surface area contributed by atoms with Crippen molar-refractivity contribution < 1.29 is 32.3 Å². The average molecular weight is 423 g/mol. The Labute approximate surface area is 170 Å². The third-order valence-electron chi connectivity index (χ3n) is 3.97. The zero-order chi connectivity index (χ0) is 22.3. The zero-order valence-corrected chi connectivity index (χ0v) is 16.0. The van der Waals surface area contributed by atoms with Gasteiger partial charge >= 0.3 is 18.2 Å². The summed E-state index contributed by atoms with van der Waals surface area (Å²) in [5.74, 6) is -1.18. The second-order valence-electron chi connectivity index (χ2n) is 6.23. The summed E-state index contributed by atoms with van der Waals surface area (Å²) < 4.78 is 43.1. The van der Waals surface area contributed by atoms with Gasteiger partial charge in [0.1, 0.15) is 6.54 Å². The molecule has 0 aliphatic rings. The number of anilines is 1. The van der Waals surface area contributed by atoms with Gasteiger partial charge in [-0.2, -0.15) is 13.2 Å². The third kappa shape index (κ3) is 6.50. The van der Waals surface area contributed by atoms with E-state index in [0.717, 1.165) is 17.0 Å². The quantitative estimate of drug-likeness (QED) is 0.667. The molecule has 2 aromatic rings. The molecule has 0 unspecified atom stereocenters. The summed E-state index contributed by atoms with van der Waals surface area (Å²) in [5.41, 5.74) is 5.21. The molecule has 2 aromatic carbocycles. The van der Waals surface area contributed by atoms with Crippen LogP contribution < -0.4 is 11.1 Å². The first kappa shape index (κ1) is 22.7. The van der Waals surface area contributed by atoms with Gasteiger partial charge in [0.2, 0.25) is 0 Å². The zero-order valence-electron chi connectivity index (χ0n) is 16.0. The maximum atomic E-state index is 12.9. The highest BCUT2D eigenvalue weighted by Crippen LogP contribution is 2.29. The summed E-state index contributed by atoms with van der Waals surface area (Å²) in [5, 5.41) is 2.35. The molecule has 0 saturated carbocycles. The summed E-state index contributed by atoms with van der Waals surface area (Å²) in [6.45, 7) is 1.26. The monoisotopic (exact) mass is 423 g/mol. The van der Waals surface area contributed by atoms with Crippen LogP contribution in [0.25, 0.3) is 0 Å². The van der Waals surface area contributed by atoms with Crippen molar-refractivity contribution in [2.75, 3.05) is 18.5 Å². The fourth-order valence-corrected chi connectivity index (χ4v) is 2.60. The van der Waals surface area contributed by atoms with Crippen LogP contribution in [0.3, 0.4) is 0 Å². The molecular formula is C20H20F3N3O4. The molecular weight excluding hydrogens is 403 g/mol. The summed E-state index contributed by atoms with van der Waals surface area (Å²) in [4.78, 5) is 36.8. The molecule has 0 aliphatic heterocycles. The standard InChI is InChI=1S/C20H20F3N3O4/c1-2-30-17(27)12-26(11-13-3-7-15(8-4-13)20(21,22)23)18(28)14-5-9-16(10-6-14)25-19(24)29/h3-10H,2,11-12H2,1H3,(H3,24,25,29). The lowest BCUT2D eigenvalue weighted by molar-refractivity contribution is -0.144. The number of nitrogens with zero attached hydrogens (tertiary/aromatic N) is 1. The molecule has 30 heavy (non-hydrogen) atoms. The Kier molecular flexibility index (Phi) is 7.40. The number of benzene rings is 2. The van der Waals surface area contributed by atoms with Crippen LogP contribution in [0.5, 0.6) is 0 Å². The first-order chi connectivity index (χ1) is 14.1. The van der Waals surface area contributed by atoms with E-state index < -0.39 is 29.6 Å². The number of carbonyl (C=O) groups is 3. The van der Waals surface area contributed by atoms with E-state index in [4.69, 9.17) is 10.5 Å². The lowest BCUT2D eigenvalue weighted by atomic mass is 10.1. The summed E-state index contributed by atoms with van der Waals surface area (Å²) >= 11 is 0. The number of ether oxygens (including phenoxy) is 1. The van der Waals surface area contributed by atoms with E-state index in [1.807, 2.05) is 0 Å². The number of primary amides is 1. The third-order valence-corrected chi connectivity index (χ3v) is 3.97. The van der Waals surface area contributed by atoms with Crippen molar-refractivity contribution in [3.8, 4) is 0 Å². The Morgan fingerprint density at radius 1 is 1.03 bits per heavy atom. The Morgan fingerprint density at radius 2 is 1.63 bits per heavy atom. The largest absolute Gasteiger partial charge is 0.465 e. The molecule has 0 spiro atoms. The number of carbonyl (C=O) groups excluding carboxylic acids is 3.